The van der Waals surface area contributed by atoms with Crippen molar-refractivity contribution in [1.29, 1.82) is 0 Å². The lowest BCUT2D eigenvalue weighted by Crippen LogP contribution is -2.20. The van der Waals surface area contributed by atoms with E-state index in [1.165, 1.54) is 18.6 Å². The molecule has 0 aliphatic carbocycles. The van der Waals surface area contributed by atoms with Crippen molar-refractivity contribution in [3.8, 4) is 17.2 Å². The highest BCUT2D eigenvalue weighted by molar-refractivity contribution is 6.02. The van der Waals surface area contributed by atoms with Crippen LogP contribution >= 0.6 is 0 Å². The van der Waals surface area contributed by atoms with Crippen LogP contribution in [0.4, 0.5) is 0 Å². The van der Waals surface area contributed by atoms with Crippen molar-refractivity contribution >= 4 is 5.78 Å². The van der Waals surface area contributed by atoms with Gasteiger partial charge in [0, 0.05) is 17.7 Å². The van der Waals surface area contributed by atoms with Crippen molar-refractivity contribution < 1.29 is 24.2 Å². The van der Waals surface area contributed by atoms with E-state index < -0.39 is 6.10 Å². The van der Waals surface area contributed by atoms with E-state index in [2.05, 4.69) is 0 Å². The number of aromatic hydroxyl groups is 2. The van der Waals surface area contributed by atoms with E-state index in [-0.39, 0.29) is 35.0 Å². The summed E-state index contributed by atoms with van der Waals surface area (Å²) in [5, 5.41) is 19.0. The van der Waals surface area contributed by atoms with Crippen LogP contribution < -0.4 is 4.74 Å². The first-order chi connectivity index (χ1) is 8.65. The Morgan fingerprint density at radius 2 is 2.11 bits per heavy atom. The quantitative estimate of drug-likeness (QED) is 0.807. The van der Waals surface area contributed by atoms with E-state index in [0.29, 0.717) is 0 Å². The van der Waals surface area contributed by atoms with Gasteiger partial charge in [0.1, 0.15) is 28.9 Å². The molecule has 0 saturated heterocycles. The van der Waals surface area contributed by atoms with Gasteiger partial charge in [0.2, 0.25) is 0 Å². The van der Waals surface area contributed by atoms with Gasteiger partial charge in [-0.3, -0.25) is 4.79 Å². The number of hydrogen-bond acceptors (Lipinski definition) is 5. The molecule has 1 aromatic carbocycles. The number of furan rings is 1. The molecule has 2 N–H and O–H groups in total. The highest BCUT2D eigenvalue weighted by Crippen LogP contribution is 2.41. The molecule has 92 valence electrons. The number of benzene rings is 1. The Kier molecular flexibility index (Phi) is 2.26. The molecule has 5 heteroatoms. The highest BCUT2D eigenvalue weighted by atomic mass is 16.5. The summed E-state index contributed by atoms with van der Waals surface area (Å²) < 4.78 is 10.6. The summed E-state index contributed by atoms with van der Waals surface area (Å²) in [5.74, 6) is -0.442. The lowest BCUT2D eigenvalue weighted by Gasteiger charge is -2.24. The number of Topliss-reactive ketones (excluding diaryl/α,β-unsaturated/α-hetero) is 1. The van der Waals surface area contributed by atoms with Gasteiger partial charge in [0.15, 0.2) is 5.78 Å². The topological polar surface area (TPSA) is 79.9 Å². The molecule has 0 bridgehead atoms. The molecule has 5 nitrogen and oxygen atoms in total. The first-order valence-electron chi connectivity index (χ1n) is 5.43. The zero-order valence-corrected chi connectivity index (χ0v) is 9.29. The van der Waals surface area contributed by atoms with Crippen LogP contribution in [0.5, 0.6) is 17.2 Å². The third-order valence-corrected chi connectivity index (χ3v) is 2.90. The van der Waals surface area contributed by atoms with Crippen molar-refractivity contribution in [2.45, 2.75) is 12.5 Å². The van der Waals surface area contributed by atoms with Gasteiger partial charge in [0.05, 0.1) is 18.9 Å². The van der Waals surface area contributed by atoms with Gasteiger partial charge in [-0.1, -0.05) is 0 Å². The van der Waals surface area contributed by atoms with Crippen LogP contribution in [0.3, 0.4) is 0 Å². The molecule has 1 aliphatic rings. The fourth-order valence-electron chi connectivity index (χ4n) is 2.07. The Bertz CT molecular complexity index is 600. The average molecular weight is 246 g/mol. The molecule has 2 aromatic rings. The molecule has 0 fully saturated rings. The average Bonchev–Trinajstić information content (AvgIpc) is 2.80. The number of carbonyl (C=O) groups excluding carboxylic acids is 1. The summed E-state index contributed by atoms with van der Waals surface area (Å²) in [6, 6.07) is 4.16. The summed E-state index contributed by atoms with van der Waals surface area (Å²) in [7, 11) is 0. The number of fused-ring (bicyclic) bond motifs is 1. The fraction of sp³-hybridized carbons (Fsp3) is 0.154. The second-order valence-corrected chi connectivity index (χ2v) is 4.13. The van der Waals surface area contributed by atoms with Crippen LogP contribution in [0.1, 0.15) is 28.4 Å². The van der Waals surface area contributed by atoms with Crippen molar-refractivity contribution in [3.63, 3.8) is 0 Å². The van der Waals surface area contributed by atoms with Crippen LogP contribution in [-0.2, 0) is 0 Å². The number of phenols is 2. The molecule has 0 amide bonds. The largest absolute Gasteiger partial charge is 0.508 e. The normalized spacial score (nSPS) is 18.2. The number of phenolic OH excluding ortho intramolecular Hbond substituents is 2. The van der Waals surface area contributed by atoms with Gasteiger partial charge in [-0.15, -0.1) is 0 Å². The minimum absolute atomic E-state index is 0.118. The SMILES string of the molecule is O=C1CC(c2ccoc2)Oc2cc(O)cc(O)c21. The Labute approximate surface area is 102 Å². The molecule has 1 atom stereocenters. The number of rotatable bonds is 1. The maximum atomic E-state index is 12.0. The number of hydrogen-bond donors (Lipinski definition) is 2. The van der Waals surface area contributed by atoms with Crippen LogP contribution in [0.25, 0.3) is 0 Å². The van der Waals surface area contributed by atoms with Crippen LogP contribution in [0.2, 0.25) is 0 Å². The molecule has 3 rings (SSSR count). The standard InChI is InChI=1S/C13H10O5/c14-8-3-9(15)13-10(16)5-11(18-12(13)4-8)7-1-2-17-6-7/h1-4,6,11,14-15H,5H2. The third kappa shape index (κ3) is 1.60. The Morgan fingerprint density at radius 3 is 2.83 bits per heavy atom. The fourth-order valence-corrected chi connectivity index (χ4v) is 2.07. The molecule has 1 aromatic heterocycles. The van der Waals surface area contributed by atoms with Crippen LogP contribution in [0.15, 0.2) is 35.1 Å². The zero-order chi connectivity index (χ0) is 12.7. The second kappa shape index (κ2) is 3.80. The van der Waals surface area contributed by atoms with Gasteiger partial charge in [0.25, 0.3) is 0 Å². The lowest BCUT2D eigenvalue weighted by atomic mass is 9.97. The predicted octanol–water partition coefficient (Wildman–Crippen LogP) is 2.40. The van der Waals surface area contributed by atoms with Gasteiger partial charge in [-0.05, 0) is 6.07 Å². The van der Waals surface area contributed by atoms with E-state index in [1.807, 2.05) is 0 Å². The molecule has 0 radical (unpaired) electrons. The summed E-state index contributed by atoms with van der Waals surface area (Å²) in [6.45, 7) is 0. The van der Waals surface area contributed by atoms with E-state index in [9.17, 15) is 15.0 Å². The Hall–Kier alpha value is -2.43. The van der Waals surface area contributed by atoms with E-state index >= 15 is 0 Å². The monoisotopic (exact) mass is 246 g/mol. The summed E-state index contributed by atoms with van der Waals surface area (Å²) in [5.41, 5.74) is 0.865. The van der Waals surface area contributed by atoms with Gasteiger partial charge in [-0.2, -0.15) is 0 Å². The summed E-state index contributed by atoms with van der Waals surface area (Å²) in [4.78, 5) is 12.0. The lowest BCUT2D eigenvalue weighted by molar-refractivity contribution is 0.0844. The molecule has 1 unspecified atom stereocenters. The Balaban J connectivity index is 2.04. The number of ketones is 1. The van der Waals surface area contributed by atoms with E-state index in [4.69, 9.17) is 9.15 Å². The zero-order valence-electron chi connectivity index (χ0n) is 9.29. The van der Waals surface area contributed by atoms with Gasteiger partial charge >= 0.3 is 0 Å². The first kappa shape index (κ1) is 10.7. The maximum absolute atomic E-state index is 12.0. The molecule has 18 heavy (non-hydrogen) atoms. The first-order valence-corrected chi connectivity index (χ1v) is 5.43. The number of carbonyl (C=O) groups is 1. The second-order valence-electron chi connectivity index (χ2n) is 4.13. The predicted molar refractivity (Wildman–Crippen MR) is 60.8 cm³/mol. The van der Waals surface area contributed by atoms with Crippen LogP contribution in [-0.4, -0.2) is 16.0 Å². The van der Waals surface area contributed by atoms with Crippen LogP contribution in [0, 0.1) is 0 Å². The molecule has 0 spiro atoms. The third-order valence-electron chi connectivity index (χ3n) is 2.90. The van der Waals surface area contributed by atoms with Crippen molar-refractivity contribution in [3.05, 3.63) is 41.9 Å². The maximum Gasteiger partial charge on any atom is 0.174 e. The van der Waals surface area contributed by atoms with Crippen molar-refractivity contribution in [1.82, 2.24) is 0 Å². The van der Waals surface area contributed by atoms with E-state index in [1.54, 1.807) is 6.07 Å². The molecule has 2 heterocycles. The highest BCUT2D eigenvalue weighted by Gasteiger charge is 2.31. The van der Waals surface area contributed by atoms with Crippen molar-refractivity contribution in [2.24, 2.45) is 0 Å². The molecular formula is C13H10O5. The minimum Gasteiger partial charge on any atom is -0.508 e. The van der Waals surface area contributed by atoms with E-state index in [0.717, 1.165) is 11.6 Å². The smallest absolute Gasteiger partial charge is 0.174 e. The molecule has 1 aliphatic heterocycles. The number of ether oxygens (including phenoxy) is 1. The Morgan fingerprint density at radius 1 is 1.28 bits per heavy atom. The summed E-state index contributed by atoms with van der Waals surface area (Å²) in [6.07, 6.45) is 2.68. The molecular weight excluding hydrogens is 236 g/mol. The molecule has 0 saturated carbocycles. The van der Waals surface area contributed by atoms with Crippen molar-refractivity contribution in [2.75, 3.05) is 0 Å². The van der Waals surface area contributed by atoms with Gasteiger partial charge < -0.3 is 19.4 Å². The minimum atomic E-state index is -0.454. The summed E-state index contributed by atoms with van der Waals surface area (Å²) >= 11 is 0. The van der Waals surface area contributed by atoms with Gasteiger partial charge in [-0.25, -0.2) is 0 Å².